The Labute approximate surface area is 201 Å². The van der Waals surface area contributed by atoms with E-state index in [2.05, 4.69) is 64.4 Å². The number of methoxy groups -OCH3 is 1. The summed E-state index contributed by atoms with van der Waals surface area (Å²) in [5.74, 6) is 1.88. The monoisotopic (exact) mass is 462 g/mol. The van der Waals surface area contributed by atoms with Crippen LogP contribution in [0.15, 0.2) is 72.8 Å². The van der Waals surface area contributed by atoms with E-state index in [0.717, 1.165) is 62.1 Å². The SMILES string of the molecule is COc1cccc(N2CCN(CCCC3(c4ccccc4)COc4ccc(Cl)cc43)CC2)c1. The van der Waals surface area contributed by atoms with Gasteiger partial charge in [-0.1, -0.05) is 48.0 Å². The molecule has 5 rings (SSSR count). The fraction of sp³-hybridized carbons (Fsp3) is 0.357. The fourth-order valence-corrected chi connectivity index (χ4v) is 5.44. The number of fused-ring (bicyclic) bond motifs is 1. The van der Waals surface area contributed by atoms with Gasteiger partial charge in [0.2, 0.25) is 0 Å². The molecule has 5 heteroatoms. The first-order valence-corrected chi connectivity index (χ1v) is 12.2. The van der Waals surface area contributed by atoms with Crippen LogP contribution in [-0.4, -0.2) is 51.3 Å². The summed E-state index contributed by atoms with van der Waals surface area (Å²) >= 11 is 6.40. The first kappa shape index (κ1) is 22.1. The van der Waals surface area contributed by atoms with Gasteiger partial charge in [0, 0.05) is 48.5 Å². The summed E-state index contributed by atoms with van der Waals surface area (Å²) in [5, 5.41) is 0.772. The number of benzene rings is 3. The number of halogens is 1. The summed E-state index contributed by atoms with van der Waals surface area (Å²) in [7, 11) is 1.72. The van der Waals surface area contributed by atoms with E-state index < -0.39 is 0 Å². The van der Waals surface area contributed by atoms with Crippen molar-refractivity contribution in [1.29, 1.82) is 0 Å². The summed E-state index contributed by atoms with van der Waals surface area (Å²) in [6.45, 7) is 6.01. The van der Waals surface area contributed by atoms with Crippen molar-refractivity contribution in [3.05, 3.63) is 88.9 Å². The van der Waals surface area contributed by atoms with Crippen molar-refractivity contribution in [3.63, 3.8) is 0 Å². The van der Waals surface area contributed by atoms with Crippen LogP contribution < -0.4 is 14.4 Å². The van der Waals surface area contributed by atoms with Crippen LogP contribution >= 0.6 is 11.6 Å². The molecule has 0 spiro atoms. The van der Waals surface area contributed by atoms with Crippen molar-refractivity contribution in [2.24, 2.45) is 0 Å². The van der Waals surface area contributed by atoms with Gasteiger partial charge in [0.15, 0.2) is 0 Å². The van der Waals surface area contributed by atoms with Crippen molar-refractivity contribution in [2.75, 3.05) is 51.3 Å². The fourth-order valence-electron chi connectivity index (χ4n) is 5.27. The number of piperazine rings is 1. The molecule has 3 aromatic carbocycles. The van der Waals surface area contributed by atoms with Gasteiger partial charge in [0.1, 0.15) is 18.1 Å². The van der Waals surface area contributed by atoms with Gasteiger partial charge in [0.25, 0.3) is 0 Å². The molecule has 1 fully saturated rings. The number of anilines is 1. The molecule has 1 saturated heterocycles. The van der Waals surface area contributed by atoms with Gasteiger partial charge in [-0.2, -0.15) is 0 Å². The molecule has 3 aromatic rings. The van der Waals surface area contributed by atoms with Crippen molar-refractivity contribution >= 4 is 17.3 Å². The van der Waals surface area contributed by atoms with E-state index >= 15 is 0 Å². The first-order valence-electron chi connectivity index (χ1n) is 11.8. The lowest BCUT2D eigenvalue weighted by atomic mass is 9.73. The number of ether oxygens (including phenoxy) is 2. The predicted molar refractivity (Wildman–Crippen MR) is 135 cm³/mol. The lowest BCUT2D eigenvalue weighted by Gasteiger charge is -2.37. The van der Waals surface area contributed by atoms with E-state index in [0.29, 0.717) is 6.61 Å². The second kappa shape index (κ2) is 9.66. The zero-order valence-electron chi connectivity index (χ0n) is 19.2. The molecule has 0 aliphatic carbocycles. The van der Waals surface area contributed by atoms with E-state index in [1.165, 1.54) is 16.8 Å². The van der Waals surface area contributed by atoms with Crippen LogP contribution in [0.1, 0.15) is 24.0 Å². The third-order valence-corrected chi connectivity index (χ3v) is 7.36. The Balaban J connectivity index is 1.24. The Bertz CT molecular complexity index is 1080. The highest BCUT2D eigenvalue weighted by Crippen LogP contribution is 2.47. The number of hydrogen-bond acceptors (Lipinski definition) is 4. The molecule has 0 saturated carbocycles. The first-order chi connectivity index (χ1) is 16.2. The summed E-state index contributed by atoms with van der Waals surface area (Å²) in [4.78, 5) is 5.04. The highest BCUT2D eigenvalue weighted by atomic mass is 35.5. The van der Waals surface area contributed by atoms with E-state index in [1.807, 2.05) is 18.2 Å². The Kier molecular flexibility index (Phi) is 6.48. The molecular formula is C28H31ClN2O2. The zero-order chi connectivity index (χ0) is 22.7. The molecule has 2 aliphatic heterocycles. The minimum absolute atomic E-state index is 0.135. The molecule has 1 atom stereocenters. The maximum absolute atomic E-state index is 6.40. The van der Waals surface area contributed by atoms with Gasteiger partial charge < -0.3 is 14.4 Å². The summed E-state index contributed by atoms with van der Waals surface area (Å²) in [5.41, 5.74) is 3.65. The van der Waals surface area contributed by atoms with Crippen LogP contribution in [0.4, 0.5) is 5.69 Å². The lowest BCUT2D eigenvalue weighted by molar-refractivity contribution is 0.232. The Morgan fingerprint density at radius 2 is 1.76 bits per heavy atom. The van der Waals surface area contributed by atoms with Crippen molar-refractivity contribution < 1.29 is 9.47 Å². The summed E-state index contributed by atoms with van der Waals surface area (Å²) in [6.07, 6.45) is 2.16. The highest BCUT2D eigenvalue weighted by Gasteiger charge is 2.42. The minimum Gasteiger partial charge on any atom is -0.497 e. The standard InChI is InChI=1S/C28H31ClN2O2/c1-32-25-10-5-9-24(20-25)31-17-15-30(16-18-31)14-6-13-28(22-7-3-2-4-8-22)21-33-27-12-11-23(29)19-26(27)28/h2-5,7-12,19-20H,6,13-18,21H2,1H3. The molecule has 1 unspecified atom stereocenters. The van der Waals surface area contributed by atoms with Crippen molar-refractivity contribution in [1.82, 2.24) is 4.90 Å². The number of nitrogens with zero attached hydrogens (tertiary/aromatic N) is 2. The molecule has 2 heterocycles. The minimum atomic E-state index is -0.135. The number of hydrogen-bond donors (Lipinski definition) is 0. The molecular weight excluding hydrogens is 432 g/mol. The van der Waals surface area contributed by atoms with Crippen LogP contribution in [0.2, 0.25) is 5.02 Å². The predicted octanol–water partition coefficient (Wildman–Crippen LogP) is 5.63. The summed E-state index contributed by atoms with van der Waals surface area (Å²) < 4.78 is 11.6. The molecule has 0 radical (unpaired) electrons. The average molecular weight is 463 g/mol. The molecule has 0 aromatic heterocycles. The van der Waals surface area contributed by atoms with E-state index in [1.54, 1.807) is 7.11 Å². The smallest absolute Gasteiger partial charge is 0.123 e. The van der Waals surface area contributed by atoms with Crippen LogP contribution in [0.5, 0.6) is 11.5 Å². The molecule has 0 amide bonds. The zero-order valence-corrected chi connectivity index (χ0v) is 19.9. The maximum atomic E-state index is 6.40. The molecule has 172 valence electrons. The van der Waals surface area contributed by atoms with E-state index in [4.69, 9.17) is 21.1 Å². The average Bonchev–Trinajstić information content (AvgIpc) is 3.23. The van der Waals surface area contributed by atoms with E-state index in [9.17, 15) is 0 Å². The van der Waals surface area contributed by atoms with Gasteiger partial charge in [0.05, 0.1) is 12.5 Å². The van der Waals surface area contributed by atoms with Crippen LogP contribution in [-0.2, 0) is 5.41 Å². The highest BCUT2D eigenvalue weighted by molar-refractivity contribution is 6.30. The molecule has 33 heavy (non-hydrogen) atoms. The van der Waals surface area contributed by atoms with Gasteiger partial charge in [-0.3, -0.25) is 4.90 Å². The van der Waals surface area contributed by atoms with Gasteiger partial charge in [-0.25, -0.2) is 0 Å². The maximum Gasteiger partial charge on any atom is 0.123 e. The quantitative estimate of drug-likeness (QED) is 0.454. The van der Waals surface area contributed by atoms with Gasteiger partial charge >= 0.3 is 0 Å². The Morgan fingerprint density at radius 3 is 2.55 bits per heavy atom. The van der Waals surface area contributed by atoms with Crippen LogP contribution in [0.3, 0.4) is 0 Å². The Morgan fingerprint density at radius 1 is 0.939 bits per heavy atom. The second-order valence-corrected chi connectivity index (χ2v) is 9.45. The third kappa shape index (κ3) is 4.55. The van der Waals surface area contributed by atoms with Gasteiger partial charge in [-0.05, 0) is 55.3 Å². The topological polar surface area (TPSA) is 24.9 Å². The number of rotatable bonds is 7. The largest absolute Gasteiger partial charge is 0.497 e. The van der Waals surface area contributed by atoms with Crippen molar-refractivity contribution in [2.45, 2.75) is 18.3 Å². The molecule has 4 nitrogen and oxygen atoms in total. The molecule has 0 bridgehead atoms. The third-order valence-electron chi connectivity index (χ3n) is 7.13. The van der Waals surface area contributed by atoms with Crippen molar-refractivity contribution in [3.8, 4) is 11.5 Å². The summed E-state index contributed by atoms with van der Waals surface area (Å²) in [6, 6.07) is 25.2. The van der Waals surface area contributed by atoms with Gasteiger partial charge in [-0.15, -0.1) is 0 Å². The lowest BCUT2D eigenvalue weighted by Crippen LogP contribution is -2.46. The van der Waals surface area contributed by atoms with Crippen LogP contribution in [0.25, 0.3) is 0 Å². The Hall–Kier alpha value is -2.69. The normalized spacial score (nSPS) is 20.4. The second-order valence-electron chi connectivity index (χ2n) is 9.01. The van der Waals surface area contributed by atoms with E-state index in [-0.39, 0.29) is 5.41 Å². The molecule has 0 N–H and O–H groups in total. The van der Waals surface area contributed by atoms with Crippen LogP contribution in [0, 0.1) is 0 Å². The molecule has 2 aliphatic rings.